The summed E-state index contributed by atoms with van der Waals surface area (Å²) in [5, 5.41) is 11.8. The van der Waals surface area contributed by atoms with E-state index in [1.807, 2.05) is 24.1 Å². The number of hydrogen-bond donors (Lipinski definition) is 1. The Hall–Kier alpha value is -0.910. The molecule has 0 aliphatic heterocycles. The third kappa shape index (κ3) is 3.35. The summed E-state index contributed by atoms with van der Waals surface area (Å²) in [6.45, 7) is 2.25. The van der Waals surface area contributed by atoms with Gasteiger partial charge in [0.2, 0.25) is 0 Å². The molecule has 0 saturated carbocycles. The molecule has 0 bridgehead atoms. The minimum absolute atomic E-state index is 0.347. The summed E-state index contributed by atoms with van der Waals surface area (Å²) in [5.74, 6) is -0.370. The van der Waals surface area contributed by atoms with E-state index in [0.717, 1.165) is 15.0 Å². The molecule has 1 N–H and O–H groups in total. The van der Waals surface area contributed by atoms with Crippen LogP contribution in [0.15, 0.2) is 33.4 Å². The Balaban J connectivity index is 2.28. The highest BCUT2D eigenvalue weighted by Gasteiger charge is 2.16. The lowest BCUT2D eigenvalue weighted by molar-refractivity contribution is 0.194. The molecule has 19 heavy (non-hydrogen) atoms. The Morgan fingerprint density at radius 2 is 2.21 bits per heavy atom. The minimum Gasteiger partial charge on any atom is -0.389 e. The van der Waals surface area contributed by atoms with Gasteiger partial charge in [0.1, 0.15) is 5.82 Å². The van der Waals surface area contributed by atoms with Gasteiger partial charge in [0.25, 0.3) is 0 Å². The number of anilines is 1. The molecule has 1 atom stereocenters. The lowest BCUT2D eigenvalue weighted by atomic mass is 10.1. The van der Waals surface area contributed by atoms with E-state index < -0.39 is 6.10 Å². The summed E-state index contributed by atoms with van der Waals surface area (Å²) in [6.07, 6.45) is -0.826. The van der Waals surface area contributed by atoms with Gasteiger partial charge in [-0.05, 0) is 52.0 Å². The monoisotopic (exact) mass is 343 g/mol. The van der Waals surface area contributed by atoms with Crippen LogP contribution in [0.1, 0.15) is 24.2 Å². The number of halogens is 2. The molecule has 0 saturated heterocycles. The molecule has 2 nitrogen and oxygen atoms in total. The van der Waals surface area contributed by atoms with E-state index in [9.17, 15) is 9.50 Å². The Labute approximate surface area is 124 Å². The van der Waals surface area contributed by atoms with Crippen molar-refractivity contribution in [2.75, 3.05) is 11.9 Å². The van der Waals surface area contributed by atoms with Crippen molar-refractivity contribution >= 4 is 33.0 Å². The van der Waals surface area contributed by atoms with Gasteiger partial charge in [-0.3, -0.25) is 0 Å². The maximum atomic E-state index is 13.8. The maximum absolute atomic E-state index is 13.8. The highest BCUT2D eigenvalue weighted by molar-refractivity contribution is 9.11. The van der Waals surface area contributed by atoms with Crippen LogP contribution in [-0.2, 0) is 6.54 Å². The Bertz CT molecular complexity index is 570. The quantitative estimate of drug-likeness (QED) is 0.892. The first-order chi connectivity index (χ1) is 8.99. The fourth-order valence-electron chi connectivity index (χ4n) is 2.06. The van der Waals surface area contributed by atoms with E-state index in [0.29, 0.717) is 12.1 Å². The van der Waals surface area contributed by atoms with Crippen molar-refractivity contribution in [3.8, 4) is 0 Å². The standard InChI is InChI=1S/C14H15BrFNOS/c1-9(18)14-11(16)4-3-5-12(14)17(2)7-10-6-13(15)19-8-10/h3-6,8-9,18H,7H2,1-2H3/t9-/m1/s1. The molecule has 1 aromatic carbocycles. The third-order valence-electron chi connectivity index (χ3n) is 2.90. The van der Waals surface area contributed by atoms with E-state index in [-0.39, 0.29) is 5.82 Å². The molecule has 0 fully saturated rings. The van der Waals surface area contributed by atoms with Crippen molar-refractivity contribution in [2.45, 2.75) is 19.6 Å². The summed E-state index contributed by atoms with van der Waals surface area (Å²) >= 11 is 5.05. The zero-order valence-corrected chi connectivity index (χ0v) is 13.1. The Morgan fingerprint density at radius 1 is 1.47 bits per heavy atom. The predicted molar refractivity (Wildman–Crippen MR) is 81.2 cm³/mol. The van der Waals surface area contributed by atoms with Crippen LogP contribution < -0.4 is 4.90 Å². The third-order valence-corrected chi connectivity index (χ3v) is 4.45. The zero-order chi connectivity index (χ0) is 14.0. The topological polar surface area (TPSA) is 23.5 Å². The van der Waals surface area contributed by atoms with Crippen molar-refractivity contribution in [1.29, 1.82) is 0 Å². The molecule has 0 amide bonds. The van der Waals surface area contributed by atoms with E-state index in [1.165, 1.54) is 6.07 Å². The second-order valence-electron chi connectivity index (χ2n) is 4.46. The molecule has 1 aromatic heterocycles. The molecular formula is C14H15BrFNOS. The van der Waals surface area contributed by atoms with Gasteiger partial charge < -0.3 is 10.0 Å². The van der Waals surface area contributed by atoms with Gasteiger partial charge in [0, 0.05) is 24.8 Å². The van der Waals surface area contributed by atoms with E-state index in [1.54, 1.807) is 24.3 Å². The van der Waals surface area contributed by atoms with Gasteiger partial charge >= 0.3 is 0 Å². The summed E-state index contributed by atoms with van der Waals surface area (Å²) < 4.78 is 14.9. The molecule has 2 aromatic rings. The summed E-state index contributed by atoms with van der Waals surface area (Å²) in [5.41, 5.74) is 2.22. The summed E-state index contributed by atoms with van der Waals surface area (Å²) in [6, 6.07) is 6.91. The van der Waals surface area contributed by atoms with E-state index in [2.05, 4.69) is 21.3 Å². The first-order valence-corrected chi connectivity index (χ1v) is 7.57. The van der Waals surface area contributed by atoms with Gasteiger partial charge in [0.15, 0.2) is 0 Å². The molecule has 5 heteroatoms. The molecule has 2 rings (SSSR count). The number of nitrogens with zero attached hydrogens (tertiary/aromatic N) is 1. The van der Waals surface area contributed by atoms with Gasteiger partial charge in [-0.25, -0.2) is 4.39 Å². The second kappa shape index (κ2) is 6.03. The fraction of sp³-hybridized carbons (Fsp3) is 0.286. The first-order valence-electron chi connectivity index (χ1n) is 5.89. The largest absolute Gasteiger partial charge is 0.389 e. The van der Waals surface area contributed by atoms with Crippen molar-refractivity contribution in [3.63, 3.8) is 0 Å². The Morgan fingerprint density at radius 3 is 2.79 bits per heavy atom. The van der Waals surface area contributed by atoms with Crippen LogP contribution in [0.2, 0.25) is 0 Å². The maximum Gasteiger partial charge on any atom is 0.131 e. The molecule has 1 heterocycles. The van der Waals surface area contributed by atoms with Gasteiger partial charge in [-0.1, -0.05) is 6.07 Å². The lowest BCUT2D eigenvalue weighted by Crippen LogP contribution is -2.19. The van der Waals surface area contributed by atoms with Crippen LogP contribution in [0.25, 0.3) is 0 Å². The number of aliphatic hydroxyl groups is 1. The number of hydrogen-bond acceptors (Lipinski definition) is 3. The summed E-state index contributed by atoms with van der Waals surface area (Å²) in [7, 11) is 1.90. The Kier molecular flexibility index (Phi) is 4.60. The van der Waals surface area contributed by atoms with Gasteiger partial charge in [-0.15, -0.1) is 11.3 Å². The average Bonchev–Trinajstić information content (AvgIpc) is 2.73. The number of aliphatic hydroxyl groups excluding tert-OH is 1. The van der Waals surface area contributed by atoms with Gasteiger partial charge in [0.05, 0.1) is 9.89 Å². The molecule has 0 aliphatic carbocycles. The van der Waals surface area contributed by atoms with Crippen molar-refractivity contribution < 1.29 is 9.50 Å². The van der Waals surface area contributed by atoms with Crippen LogP contribution >= 0.6 is 27.3 Å². The lowest BCUT2D eigenvalue weighted by Gasteiger charge is -2.23. The van der Waals surface area contributed by atoms with Crippen LogP contribution in [0.3, 0.4) is 0 Å². The zero-order valence-electron chi connectivity index (χ0n) is 10.7. The van der Waals surface area contributed by atoms with Gasteiger partial charge in [-0.2, -0.15) is 0 Å². The number of rotatable bonds is 4. The SMILES string of the molecule is C[C@@H](O)c1c(F)cccc1N(C)Cc1csc(Br)c1. The molecule has 0 radical (unpaired) electrons. The fourth-order valence-corrected chi connectivity index (χ4v) is 3.26. The molecule has 0 spiro atoms. The van der Waals surface area contributed by atoms with Crippen LogP contribution in [0.4, 0.5) is 10.1 Å². The molecular weight excluding hydrogens is 329 g/mol. The van der Waals surface area contributed by atoms with Crippen LogP contribution in [0.5, 0.6) is 0 Å². The number of thiophene rings is 1. The highest BCUT2D eigenvalue weighted by Crippen LogP contribution is 2.30. The minimum atomic E-state index is -0.826. The van der Waals surface area contributed by atoms with Crippen LogP contribution in [-0.4, -0.2) is 12.2 Å². The van der Waals surface area contributed by atoms with Crippen molar-refractivity contribution in [1.82, 2.24) is 0 Å². The number of benzene rings is 1. The normalized spacial score (nSPS) is 12.5. The smallest absolute Gasteiger partial charge is 0.131 e. The second-order valence-corrected chi connectivity index (χ2v) is 6.75. The van der Waals surface area contributed by atoms with E-state index >= 15 is 0 Å². The van der Waals surface area contributed by atoms with E-state index in [4.69, 9.17) is 0 Å². The highest BCUT2D eigenvalue weighted by atomic mass is 79.9. The summed E-state index contributed by atoms with van der Waals surface area (Å²) in [4.78, 5) is 1.94. The van der Waals surface area contributed by atoms with Crippen molar-refractivity contribution in [3.05, 3.63) is 50.4 Å². The average molecular weight is 344 g/mol. The molecule has 0 aliphatic rings. The van der Waals surface area contributed by atoms with Crippen molar-refractivity contribution in [2.24, 2.45) is 0 Å². The first kappa shape index (κ1) is 14.5. The molecule has 102 valence electrons. The molecule has 0 unspecified atom stereocenters. The predicted octanol–water partition coefficient (Wildman–Crippen LogP) is 4.34. The van der Waals surface area contributed by atoms with Crippen LogP contribution in [0, 0.1) is 5.82 Å².